The number of rotatable bonds is 3. The minimum absolute atomic E-state index is 0.0526. The fraction of sp³-hybridized carbons (Fsp3) is 0.0526. The van der Waals surface area contributed by atoms with Gasteiger partial charge in [-0.1, -0.05) is 18.2 Å². The number of aromatic nitrogens is 2. The van der Waals surface area contributed by atoms with Gasteiger partial charge in [-0.3, -0.25) is 9.20 Å². The third kappa shape index (κ3) is 3.56. The molecule has 1 amide bonds. The third-order valence-electron chi connectivity index (χ3n) is 3.98. The lowest BCUT2D eigenvalue weighted by Crippen LogP contribution is -2.13. The number of nitrogens with one attached hydrogen (secondary N) is 1. The number of halogens is 3. The van der Waals surface area contributed by atoms with Crippen LogP contribution >= 0.6 is 11.3 Å². The van der Waals surface area contributed by atoms with E-state index in [0.717, 1.165) is 28.4 Å². The maximum absolute atomic E-state index is 12.8. The quantitative estimate of drug-likeness (QED) is 0.516. The number of carbonyl (C=O) groups excluding carboxylic acids is 1. The molecule has 0 atom stereocenters. The van der Waals surface area contributed by atoms with Crippen LogP contribution in [-0.2, 0) is 6.18 Å². The maximum atomic E-state index is 12.8. The fourth-order valence-corrected chi connectivity index (χ4v) is 3.33. The zero-order chi connectivity index (χ0) is 19.0. The average Bonchev–Trinajstić information content (AvgIpc) is 3.24. The lowest BCUT2D eigenvalue weighted by Gasteiger charge is -2.09. The molecule has 1 N–H and O–H groups in total. The van der Waals surface area contributed by atoms with Crippen LogP contribution in [0.25, 0.3) is 16.2 Å². The zero-order valence-electron chi connectivity index (χ0n) is 13.7. The summed E-state index contributed by atoms with van der Waals surface area (Å²) in [5.74, 6) is -0.601. The van der Waals surface area contributed by atoms with E-state index in [4.69, 9.17) is 0 Å². The Hall–Kier alpha value is -3.13. The minimum Gasteiger partial charge on any atom is -0.322 e. The van der Waals surface area contributed by atoms with Crippen LogP contribution in [0.4, 0.5) is 18.9 Å². The summed E-state index contributed by atoms with van der Waals surface area (Å²) in [4.78, 5) is 17.6. The number of amides is 1. The number of imidazole rings is 1. The summed E-state index contributed by atoms with van der Waals surface area (Å²) in [6.07, 6.45) is -0.668. The molecule has 0 aliphatic rings. The molecule has 4 rings (SSSR count). The van der Waals surface area contributed by atoms with Crippen molar-refractivity contribution in [1.29, 1.82) is 0 Å². The van der Waals surface area contributed by atoms with E-state index < -0.39 is 17.6 Å². The summed E-state index contributed by atoms with van der Waals surface area (Å²) >= 11 is 1.53. The molecular weight excluding hydrogens is 375 g/mol. The van der Waals surface area contributed by atoms with Crippen LogP contribution in [0.15, 0.2) is 66.3 Å². The number of alkyl halides is 3. The summed E-state index contributed by atoms with van der Waals surface area (Å²) in [7, 11) is 0. The summed E-state index contributed by atoms with van der Waals surface area (Å²) in [6.45, 7) is 0. The molecule has 0 saturated heterocycles. The van der Waals surface area contributed by atoms with Crippen molar-refractivity contribution in [2.24, 2.45) is 0 Å². The first-order valence-electron chi connectivity index (χ1n) is 7.91. The topological polar surface area (TPSA) is 46.4 Å². The van der Waals surface area contributed by atoms with Crippen molar-refractivity contribution in [3.8, 4) is 11.3 Å². The Morgan fingerprint density at radius 2 is 1.89 bits per heavy atom. The molecule has 0 aliphatic heterocycles. The van der Waals surface area contributed by atoms with E-state index in [1.165, 1.54) is 23.5 Å². The van der Waals surface area contributed by atoms with Gasteiger partial charge >= 0.3 is 6.18 Å². The highest BCUT2D eigenvalue weighted by molar-refractivity contribution is 7.15. The molecule has 8 heteroatoms. The normalized spacial score (nSPS) is 11.7. The highest BCUT2D eigenvalue weighted by atomic mass is 32.1. The second kappa shape index (κ2) is 6.55. The molecular formula is C19H12F3N3OS. The second-order valence-corrected chi connectivity index (χ2v) is 6.70. The molecule has 0 radical (unpaired) electrons. The minimum atomic E-state index is -4.49. The highest BCUT2D eigenvalue weighted by Gasteiger charge is 2.30. The van der Waals surface area contributed by atoms with E-state index in [9.17, 15) is 18.0 Å². The predicted octanol–water partition coefficient (Wildman–Crippen LogP) is 5.33. The second-order valence-electron chi connectivity index (χ2n) is 5.83. The Bertz CT molecular complexity index is 1080. The van der Waals surface area contributed by atoms with Crippen LogP contribution in [0.3, 0.4) is 0 Å². The Morgan fingerprint density at radius 3 is 2.59 bits per heavy atom. The van der Waals surface area contributed by atoms with Crippen molar-refractivity contribution in [3.63, 3.8) is 0 Å². The molecule has 0 bridgehead atoms. The van der Waals surface area contributed by atoms with Crippen molar-refractivity contribution >= 4 is 27.9 Å². The monoisotopic (exact) mass is 387 g/mol. The van der Waals surface area contributed by atoms with Gasteiger partial charge in [0.25, 0.3) is 5.91 Å². The maximum Gasteiger partial charge on any atom is 0.416 e. The largest absolute Gasteiger partial charge is 0.416 e. The summed E-state index contributed by atoms with van der Waals surface area (Å²) in [5.41, 5.74) is 1.26. The van der Waals surface area contributed by atoms with Gasteiger partial charge in [0.05, 0.1) is 11.3 Å². The van der Waals surface area contributed by atoms with Gasteiger partial charge in [0, 0.05) is 34.6 Å². The van der Waals surface area contributed by atoms with Crippen LogP contribution < -0.4 is 5.32 Å². The van der Waals surface area contributed by atoms with E-state index in [1.54, 1.807) is 24.3 Å². The van der Waals surface area contributed by atoms with Crippen LogP contribution in [0.2, 0.25) is 0 Å². The van der Waals surface area contributed by atoms with Gasteiger partial charge < -0.3 is 5.32 Å². The molecule has 2 aromatic carbocycles. The first kappa shape index (κ1) is 17.3. The van der Waals surface area contributed by atoms with E-state index in [2.05, 4.69) is 10.3 Å². The molecule has 0 fully saturated rings. The Morgan fingerprint density at radius 1 is 1.11 bits per heavy atom. The predicted molar refractivity (Wildman–Crippen MR) is 97.9 cm³/mol. The number of nitrogens with zero attached hydrogens (tertiary/aromatic N) is 2. The molecule has 136 valence electrons. The number of carbonyl (C=O) groups is 1. The summed E-state index contributed by atoms with van der Waals surface area (Å²) in [6, 6.07) is 11.3. The number of hydrogen-bond donors (Lipinski definition) is 1. The first-order chi connectivity index (χ1) is 12.9. The Labute approximate surface area is 155 Å². The van der Waals surface area contributed by atoms with Crippen LogP contribution in [-0.4, -0.2) is 15.3 Å². The van der Waals surface area contributed by atoms with Gasteiger partial charge in [0.1, 0.15) is 0 Å². The van der Waals surface area contributed by atoms with Crippen LogP contribution in [0.5, 0.6) is 0 Å². The van der Waals surface area contributed by atoms with Gasteiger partial charge in [-0.25, -0.2) is 4.98 Å². The van der Waals surface area contributed by atoms with Gasteiger partial charge in [0.2, 0.25) is 0 Å². The molecule has 2 aromatic heterocycles. The number of benzene rings is 2. The Balaban J connectivity index is 1.51. The van der Waals surface area contributed by atoms with E-state index in [0.29, 0.717) is 5.69 Å². The summed E-state index contributed by atoms with van der Waals surface area (Å²) in [5, 5.41) is 4.55. The van der Waals surface area contributed by atoms with Crippen molar-refractivity contribution in [1.82, 2.24) is 9.38 Å². The Kier molecular flexibility index (Phi) is 4.19. The molecule has 27 heavy (non-hydrogen) atoms. The molecule has 4 aromatic rings. The molecule has 2 heterocycles. The lowest BCUT2D eigenvalue weighted by molar-refractivity contribution is -0.137. The van der Waals surface area contributed by atoms with E-state index in [-0.39, 0.29) is 5.56 Å². The van der Waals surface area contributed by atoms with E-state index in [1.807, 2.05) is 22.2 Å². The smallest absolute Gasteiger partial charge is 0.322 e. The van der Waals surface area contributed by atoms with Gasteiger partial charge in [-0.05, 0) is 30.3 Å². The van der Waals surface area contributed by atoms with Crippen molar-refractivity contribution in [3.05, 3.63) is 77.4 Å². The number of anilines is 1. The first-order valence-corrected chi connectivity index (χ1v) is 8.79. The SMILES string of the molecule is O=C(Nc1ccc(-c2cn3ccsc3n2)cc1)c1cccc(C(F)(F)F)c1. The van der Waals surface area contributed by atoms with Crippen LogP contribution in [0.1, 0.15) is 15.9 Å². The molecule has 0 saturated carbocycles. The number of thiazole rings is 1. The standard InChI is InChI=1S/C19H12F3N3OS/c20-19(21,22)14-3-1-2-13(10-14)17(26)23-15-6-4-12(5-7-15)16-11-25-8-9-27-18(25)24-16/h1-11H,(H,23,26). The van der Waals surface area contributed by atoms with Gasteiger partial charge in [0.15, 0.2) is 4.96 Å². The average molecular weight is 387 g/mol. The molecule has 0 unspecified atom stereocenters. The molecule has 4 nitrogen and oxygen atoms in total. The van der Waals surface area contributed by atoms with Crippen molar-refractivity contribution in [2.75, 3.05) is 5.32 Å². The fourth-order valence-electron chi connectivity index (χ4n) is 2.63. The van der Waals surface area contributed by atoms with Gasteiger partial charge in [-0.2, -0.15) is 13.2 Å². The van der Waals surface area contributed by atoms with Crippen molar-refractivity contribution in [2.45, 2.75) is 6.18 Å². The van der Waals surface area contributed by atoms with Crippen molar-refractivity contribution < 1.29 is 18.0 Å². The van der Waals surface area contributed by atoms with E-state index >= 15 is 0 Å². The molecule has 0 aliphatic carbocycles. The number of fused-ring (bicyclic) bond motifs is 1. The van der Waals surface area contributed by atoms with Crippen LogP contribution in [0, 0.1) is 0 Å². The van der Waals surface area contributed by atoms with Gasteiger partial charge in [-0.15, -0.1) is 11.3 Å². The lowest BCUT2D eigenvalue weighted by atomic mass is 10.1. The molecule has 0 spiro atoms. The summed E-state index contributed by atoms with van der Waals surface area (Å²) < 4.78 is 40.3. The zero-order valence-corrected chi connectivity index (χ0v) is 14.5. The number of hydrogen-bond acceptors (Lipinski definition) is 3. The third-order valence-corrected chi connectivity index (χ3v) is 4.75. The highest BCUT2D eigenvalue weighted by Crippen LogP contribution is 2.30.